The van der Waals surface area contributed by atoms with Crippen LogP contribution in [0.5, 0.6) is 0 Å². The van der Waals surface area contributed by atoms with Gasteiger partial charge >= 0.3 is 5.97 Å². The number of likely N-dealkylation sites (N-methyl/N-ethyl adjacent to an activating group) is 1. The van der Waals surface area contributed by atoms with Crippen molar-refractivity contribution in [1.82, 2.24) is 0 Å². The summed E-state index contributed by atoms with van der Waals surface area (Å²) < 4.78 is 0.320. The van der Waals surface area contributed by atoms with Gasteiger partial charge in [0.2, 0.25) is 0 Å². The fraction of sp³-hybridized carbons (Fsp3) is 0.957. The van der Waals surface area contributed by atoms with E-state index in [0.717, 1.165) is 12.8 Å². The van der Waals surface area contributed by atoms with Gasteiger partial charge in [-0.15, -0.1) is 0 Å². The van der Waals surface area contributed by atoms with Crippen LogP contribution in [0.3, 0.4) is 0 Å². The van der Waals surface area contributed by atoms with Crippen molar-refractivity contribution in [3.8, 4) is 0 Å². The molecule has 0 saturated carbocycles. The van der Waals surface area contributed by atoms with Gasteiger partial charge in [0, 0.05) is 0 Å². The van der Waals surface area contributed by atoms with Crippen LogP contribution in [0.4, 0.5) is 0 Å². The maximum atomic E-state index is 10.9. The van der Waals surface area contributed by atoms with Gasteiger partial charge in [0.25, 0.3) is 0 Å². The molecule has 0 aromatic heterocycles. The summed E-state index contributed by atoms with van der Waals surface area (Å²) in [7, 11) is 3.74. The molecule has 0 bridgehead atoms. The molecule has 0 aromatic rings. The second-order valence-corrected chi connectivity index (χ2v) is 9.49. The summed E-state index contributed by atoms with van der Waals surface area (Å²) in [6.07, 6.45) is 19.4. The van der Waals surface area contributed by atoms with Gasteiger partial charge in [-0.1, -0.05) is 96.8 Å². The first-order valence-corrected chi connectivity index (χ1v) is 11.4. The molecule has 1 atom stereocenters. The Bertz CT molecular complexity index is 367. The number of aliphatic carboxylic acids is 1. The highest BCUT2D eigenvalue weighted by Gasteiger charge is 2.31. The van der Waals surface area contributed by atoms with Crippen LogP contribution in [0.15, 0.2) is 0 Å². The maximum absolute atomic E-state index is 10.9. The predicted octanol–water partition coefficient (Wildman–Crippen LogP) is 5.77. The smallest absolute Gasteiger partial charge is 0.359 e. The minimum atomic E-state index is -0.813. The molecule has 162 valence electrons. The Morgan fingerprint density at radius 3 is 1.52 bits per heavy atom. The van der Waals surface area contributed by atoms with Gasteiger partial charge in [0.15, 0.2) is 6.54 Å². The highest BCUT2D eigenvalue weighted by Crippen LogP contribution is 2.19. The molecule has 0 aliphatic carbocycles. The zero-order valence-corrected chi connectivity index (χ0v) is 18.8. The maximum Gasteiger partial charge on any atom is 0.359 e. The summed E-state index contributed by atoms with van der Waals surface area (Å²) >= 11 is 0. The molecular weight excluding hydrogens is 338 g/mol. The second kappa shape index (κ2) is 15.3. The number of quaternary nitrogens is 1. The van der Waals surface area contributed by atoms with E-state index in [4.69, 9.17) is 5.11 Å². The molecule has 27 heavy (non-hydrogen) atoms. The van der Waals surface area contributed by atoms with Gasteiger partial charge < -0.3 is 14.7 Å². The van der Waals surface area contributed by atoms with Crippen LogP contribution in [0.2, 0.25) is 0 Å². The van der Waals surface area contributed by atoms with Gasteiger partial charge in [-0.25, -0.2) is 4.79 Å². The first kappa shape index (κ1) is 26.4. The molecule has 4 nitrogen and oxygen atoms in total. The first-order valence-electron chi connectivity index (χ1n) is 11.4. The lowest BCUT2D eigenvalue weighted by Crippen LogP contribution is -2.52. The third-order valence-electron chi connectivity index (χ3n) is 5.40. The summed E-state index contributed by atoms with van der Waals surface area (Å²) in [6, 6.07) is 0. The van der Waals surface area contributed by atoms with E-state index in [0.29, 0.717) is 11.0 Å². The van der Waals surface area contributed by atoms with E-state index in [2.05, 4.69) is 6.92 Å². The number of nitrogens with zero attached hydrogens (tertiary/aromatic N) is 1. The summed E-state index contributed by atoms with van der Waals surface area (Å²) in [5, 5.41) is 19.5. The Kier molecular flexibility index (Phi) is 15.0. The molecule has 0 rings (SSSR count). The molecule has 0 aliphatic rings. The van der Waals surface area contributed by atoms with Crippen molar-refractivity contribution in [3.05, 3.63) is 0 Å². The van der Waals surface area contributed by atoms with E-state index >= 15 is 0 Å². The summed E-state index contributed by atoms with van der Waals surface area (Å²) in [4.78, 5) is 10.9. The molecule has 2 N–H and O–H groups in total. The zero-order chi connectivity index (χ0) is 20.6. The number of hydrogen-bond acceptors (Lipinski definition) is 2. The number of rotatable bonds is 19. The Morgan fingerprint density at radius 1 is 0.778 bits per heavy atom. The Morgan fingerprint density at radius 2 is 1.15 bits per heavy atom. The fourth-order valence-electron chi connectivity index (χ4n) is 4.12. The summed E-state index contributed by atoms with van der Waals surface area (Å²) in [6.45, 7) is 4.65. The van der Waals surface area contributed by atoms with Gasteiger partial charge in [-0.3, -0.25) is 0 Å². The van der Waals surface area contributed by atoms with Crippen molar-refractivity contribution < 1.29 is 19.5 Å². The van der Waals surface area contributed by atoms with E-state index in [1.54, 1.807) is 0 Å². The SMILES string of the molecule is CCCCCCCCCCCCCCCCC(C)(O)C[N+](C)(C)CC(=O)O. The lowest BCUT2D eigenvalue weighted by atomic mass is 9.96. The zero-order valence-electron chi connectivity index (χ0n) is 18.8. The molecule has 0 fully saturated rings. The quantitative estimate of drug-likeness (QED) is 0.219. The van der Waals surface area contributed by atoms with Crippen LogP contribution < -0.4 is 0 Å². The molecule has 0 radical (unpaired) electrons. The summed E-state index contributed by atoms with van der Waals surface area (Å²) in [5.74, 6) is -0.813. The normalized spacial score (nSPS) is 14.3. The van der Waals surface area contributed by atoms with Crippen LogP contribution in [-0.4, -0.2) is 53.5 Å². The van der Waals surface area contributed by atoms with Crippen LogP contribution >= 0.6 is 0 Å². The molecule has 0 heterocycles. The van der Waals surface area contributed by atoms with Crippen LogP contribution in [-0.2, 0) is 4.79 Å². The fourth-order valence-corrected chi connectivity index (χ4v) is 4.12. The van der Waals surface area contributed by atoms with Gasteiger partial charge in [-0.05, 0) is 13.3 Å². The number of unbranched alkanes of at least 4 members (excludes halogenated alkanes) is 13. The third kappa shape index (κ3) is 18.5. The average molecular weight is 387 g/mol. The van der Waals surface area contributed by atoms with Crippen LogP contribution in [0.25, 0.3) is 0 Å². The van der Waals surface area contributed by atoms with E-state index in [-0.39, 0.29) is 6.54 Å². The lowest BCUT2D eigenvalue weighted by molar-refractivity contribution is -0.889. The first-order chi connectivity index (χ1) is 12.7. The second-order valence-electron chi connectivity index (χ2n) is 9.49. The molecule has 0 saturated heterocycles. The largest absolute Gasteiger partial charge is 0.477 e. The number of aliphatic hydroxyl groups is 1. The van der Waals surface area contributed by atoms with Crippen LogP contribution in [0, 0.1) is 0 Å². The number of carboxylic acids is 1. The minimum Gasteiger partial charge on any atom is -0.477 e. The predicted molar refractivity (Wildman–Crippen MR) is 115 cm³/mol. The van der Waals surface area contributed by atoms with Crippen molar-refractivity contribution >= 4 is 5.97 Å². The van der Waals surface area contributed by atoms with Crippen LogP contribution in [0.1, 0.15) is 110 Å². The third-order valence-corrected chi connectivity index (χ3v) is 5.40. The Hall–Kier alpha value is -0.610. The standard InChI is InChI=1S/C23H47NO3/c1-5-6-7-8-9-10-11-12-13-14-15-16-17-18-19-23(2,27)21-24(3,4)20-22(25)26/h27H,5-21H2,1-4H3/p+1. The lowest BCUT2D eigenvalue weighted by Gasteiger charge is -2.35. The van der Waals surface area contributed by atoms with E-state index in [1.165, 1.54) is 83.5 Å². The van der Waals surface area contributed by atoms with E-state index < -0.39 is 11.6 Å². The Balaban J connectivity index is 3.51. The van der Waals surface area contributed by atoms with Crippen molar-refractivity contribution in [2.75, 3.05) is 27.2 Å². The van der Waals surface area contributed by atoms with Gasteiger partial charge in [0.05, 0.1) is 14.1 Å². The highest BCUT2D eigenvalue weighted by molar-refractivity contribution is 5.67. The molecular formula is C23H48NO3+. The molecule has 4 heteroatoms. The number of carbonyl (C=O) groups is 1. The Labute approximate surface area is 168 Å². The van der Waals surface area contributed by atoms with Crippen molar-refractivity contribution in [2.45, 2.75) is 116 Å². The molecule has 0 amide bonds. The topological polar surface area (TPSA) is 57.5 Å². The van der Waals surface area contributed by atoms with Crippen molar-refractivity contribution in [2.24, 2.45) is 0 Å². The minimum absolute atomic E-state index is 0.0505. The highest BCUT2D eigenvalue weighted by atomic mass is 16.4. The molecule has 0 aliphatic heterocycles. The van der Waals surface area contributed by atoms with Gasteiger partial charge in [-0.2, -0.15) is 0 Å². The van der Waals surface area contributed by atoms with Crippen molar-refractivity contribution in [1.29, 1.82) is 0 Å². The van der Waals surface area contributed by atoms with E-state index in [1.807, 2.05) is 21.0 Å². The molecule has 0 spiro atoms. The summed E-state index contributed by atoms with van der Waals surface area (Å²) in [5.41, 5.74) is -0.782. The number of carboxylic acid groups (broad SMARTS) is 1. The van der Waals surface area contributed by atoms with Crippen molar-refractivity contribution in [3.63, 3.8) is 0 Å². The number of hydrogen-bond donors (Lipinski definition) is 2. The van der Waals surface area contributed by atoms with E-state index in [9.17, 15) is 9.90 Å². The average Bonchev–Trinajstić information content (AvgIpc) is 2.52. The molecule has 0 aromatic carbocycles. The van der Waals surface area contributed by atoms with Gasteiger partial charge in [0.1, 0.15) is 12.1 Å². The monoisotopic (exact) mass is 386 g/mol. The molecule has 1 unspecified atom stereocenters.